The van der Waals surface area contributed by atoms with E-state index in [1.165, 1.54) is 154 Å². The highest BCUT2D eigenvalue weighted by Crippen LogP contribution is 2.58. The number of esters is 2. The van der Waals surface area contributed by atoms with E-state index in [4.69, 9.17) is 35.4 Å². The van der Waals surface area contributed by atoms with Gasteiger partial charge in [0, 0.05) is 11.2 Å². The van der Waals surface area contributed by atoms with Crippen LogP contribution in [-0.2, 0) is 45.0 Å². The minimum absolute atomic E-state index is 0.239. The third-order valence-electron chi connectivity index (χ3n) is 9.97. The topological polar surface area (TPSA) is 151 Å². The van der Waals surface area contributed by atoms with E-state index in [-0.39, 0.29) is 26.1 Å². The first-order chi connectivity index (χ1) is 26.3. The second-order valence-electron chi connectivity index (χ2n) is 15.2. The smallest absolute Gasteiger partial charge is 0.457 e. The Hall–Kier alpha value is -0.520. The Morgan fingerprint density at radius 1 is 0.537 bits per heavy atom. The van der Waals surface area contributed by atoms with E-state index in [0.29, 0.717) is 0 Å². The number of carbonyl (C=O) groups is 2. The Morgan fingerprint density at radius 3 is 1.15 bits per heavy atom. The van der Waals surface area contributed by atoms with Gasteiger partial charge in [0.05, 0.1) is 6.61 Å². The fraction of sp³-hybridized carbons (Fsp3) is 0.952. The van der Waals surface area contributed by atoms with Crippen LogP contribution in [-0.4, -0.2) is 60.8 Å². The van der Waals surface area contributed by atoms with E-state index in [1.54, 1.807) is 0 Å². The normalized spacial score (nSPS) is 13.8. The summed E-state index contributed by atoms with van der Waals surface area (Å²) < 4.78 is 27.0. The van der Waals surface area contributed by atoms with E-state index in [9.17, 15) is 19.8 Å². The largest absolute Gasteiger partial charge is 0.574 e. The van der Waals surface area contributed by atoms with Crippen LogP contribution < -0.4 is 5.90 Å². The van der Waals surface area contributed by atoms with Crippen molar-refractivity contribution in [2.24, 2.45) is 0 Å². The van der Waals surface area contributed by atoms with E-state index in [0.717, 1.165) is 38.5 Å². The highest BCUT2D eigenvalue weighted by atomic mass is 32.7. The van der Waals surface area contributed by atoms with Crippen molar-refractivity contribution >= 4 is 31.3 Å². The maximum absolute atomic E-state index is 12.4. The van der Waals surface area contributed by atoms with Crippen LogP contribution in [0.2, 0.25) is 0 Å². The molecular weight excluding hydrogens is 726 g/mol. The number of quaternary nitrogens is 1. The molecular formula is C42H85NO9PS+2. The third-order valence-corrected chi connectivity index (χ3v) is 12.2. The fourth-order valence-electron chi connectivity index (χ4n) is 6.48. The van der Waals surface area contributed by atoms with Gasteiger partial charge in [-0.15, -0.1) is 0 Å². The molecule has 12 heteroatoms. The van der Waals surface area contributed by atoms with Crippen LogP contribution in [0.3, 0.4) is 0 Å². The van der Waals surface area contributed by atoms with Gasteiger partial charge in [-0.1, -0.05) is 194 Å². The molecule has 54 heavy (non-hydrogen) atoms. The van der Waals surface area contributed by atoms with Crippen LogP contribution in [0, 0.1) is 0 Å². The Kier molecular flexibility index (Phi) is 40.3. The van der Waals surface area contributed by atoms with Crippen LogP contribution in [0.4, 0.5) is 0 Å². The fourth-order valence-corrected chi connectivity index (χ4v) is 7.77. The number of hydrogen-bond donors (Lipinski definition) is 3. The maximum atomic E-state index is 12.4. The van der Waals surface area contributed by atoms with Gasteiger partial charge in [0.2, 0.25) is 6.10 Å². The average molecular weight is 811 g/mol. The Morgan fingerprint density at radius 2 is 0.833 bits per heavy atom. The monoisotopic (exact) mass is 811 g/mol. The molecule has 10 nitrogen and oxygen atoms in total. The Labute approximate surface area is 337 Å². The van der Waals surface area contributed by atoms with Gasteiger partial charge in [-0.2, -0.15) is 14.9 Å². The molecule has 0 aromatic carbocycles. The number of rotatable bonds is 43. The molecule has 0 aliphatic carbocycles. The summed E-state index contributed by atoms with van der Waals surface area (Å²) in [4.78, 5) is 24.7. The Balaban J connectivity index is 3.98. The first-order valence-electron chi connectivity index (χ1n) is 22.3. The number of unbranched alkanes of at least 4 members (excludes halogenated alkanes) is 28. The second kappa shape index (κ2) is 40.7. The summed E-state index contributed by atoms with van der Waals surface area (Å²) in [5.41, 5.74) is 0. The molecule has 0 heterocycles. The SMILES string of the molecule is CCCCCCCCCCCCCCCCCC(=O)O[C@@H](CO)CO[P+]([S-])(O[NH3+])OC[C@H](CO)OC(=[O+])CCCCCCCCCCCCCCCCC. The van der Waals surface area contributed by atoms with Gasteiger partial charge in [0.1, 0.15) is 19.6 Å². The quantitative estimate of drug-likeness (QED) is 0.0136. The van der Waals surface area contributed by atoms with Gasteiger partial charge in [-0.05, 0) is 17.5 Å². The summed E-state index contributed by atoms with van der Waals surface area (Å²) in [5.74, 6) is 2.54. The zero-order chi connectivity index (χ0) is 39.8. The standard InChI is InChI=1S/C42H85NO9PS/c1-3-5-7-9-11-13-15-17-19-21-23-25-27-29-31-33-41(46)50-39(35-44)37-48-53(54,52-43)49-38-40(36-45)51-42(47)34-32-30-28-26-24-22-20-18-16-14-12-10-8-6-4-2/h39-40,44-45H,3-38H2,1-2,43H3/q+2/t39-,40-/m0/s1. The molecule has 0 saturated heterocycles. The molecule has 1 radical (unpaired) electrons. The van der Waals surface area contributed by atoms with Gasteiger partial charge in [-0.25, -0.2) is 0 Å². The molecule has 0 amide bonds. The molecule has 0 aliphatic rings. The van der Waals surface area contributed by atoms with Gasteiger partial charge >= 0.3 is 19.1 Å². The molecule has 321 valence electrons. The maximum Gasteiger partial charge on any atom is 0.574 e. The van der Waals surface area contributed by atoms with Crippen LogP contribution in [0.25, 0.3) is 0 Å². The van der Waals surface area contributed by atoms with Crippen molar-refractivity contribution in [1.29, 1.82) is 0 Å². The molecule has 0 rings (SSSR count). The molecule has 0 bridgehead atoms. The molecule has 0 fully saturated rings. The number of ether oxygens (including phenoxy) is 2. The van der Waals surface area contributed by atoms with Crippen LogP contribution in [0.1, 0.15) is 219 Å². The molecule has 0 aromatic heterocycles. The molecule has 0 unspecified atom stereocenters. The summed E-state index contributed by atoms with van der Waals surface area (Å²) >= 11 is 5.35. The number of aliphatic hydroxyl groups excluding tert-OH is 2. The summed E-state index contributed by atoms with van der Waals surface area (Å²) in [5, 5.41) is 19.5. The molecule has 0 spiro atoms. The van der Waals surface area contributed by atoms with Gasteiger partial charge < -0.3 is 31.9 Å². The van der Waals surface area contributed by atoms with Crippen LogP contribution in [0.15, 0.2) is 0 Å². The summed E-state index contributed by atoms with van der Waals surface area (Å²) in [7, 11) is -3.41. The predicted molar refractivity (Wildman–Crippen MR) is 223 cm³/mol. The molecule has 2 atom stereocenters. The summed E-state index contributed by atoms with van der Waals surface area (Å²) in [6.07, 6.45) is 36.2. The first-order valence-corrected chi connectivity index (χ1v) is 24.8. The van der Waals surface area contributed by atoms with Crippen molar-refractivity contribution in [3.63, 3.8) is 0 Å². The number of carbonyl (C=O) groups excluding carboxylic acids is 2. The van der Waals surface area contributed by atoms with Crippen molar-refractivity contribution in [2.75, 3.05) is 26.4 Å². The summed E-state index contributed by atoms with van der Waals surface area (Å²) in [6.45, 7) is 3.14. The minimum Gasteiger partial charge on any atom is -0.457 e. The van der Waals surface area contributed by atoms with E-state index >= 15 is 0 Å². The lowest BCUT2D eigenvalue weighted by Crippen LogP contribution is -2.49. The van der Waals surface area contributed by atoms with Gasteiger partial charge in [0.15, 0.2) is 12.7 Å². The average Bonchev–Trinajstić information content (AvgIpc) is 3.17. The second-order valence-corrected chi connectivity index (χ2v) is 18.2. The number of hydrogen-bond acceptors (Lipinski definition) is 10. The lowest BCUT2D eigenvalue weighted by atomic mass is 10.0. The lowest BCUT2D eigenvalue weighted by Gasteiger charge is -2.24. The molecule has 5 N–H and O–H groups in total. The molecule has 0 aliphatic heterocycles. The van der Waals surface area contributed by atoms with Crippen molar-refractivity contribution in [3.05, 3.63) is 0 Å². The highest BCUT2D eigenvalue weighted by Gasteiger charge is 2.37. The molecule has 0 saturated carbocycles. The van der Waals surface area contributed by atoms with Crippen molar-refractivity contribution in [2.45, 2.75) is 232 Å². The minimum atomic E-state index is -3.41. The molecule has 0 aromatic rings. The lowest BCUT2D eigenvalue weighted by molar-refractivity contribution is -0.641. The van der Waals surface area contributed by atoms with Crippen LogP contribution in [0.5, 0.6) is 0 Å². The summed E-state index contributed by atoms with van der Waals surface area (Å²) in [6, 6.07) is 0. The van der Waals surface area contributed by atoms with E-state index < -0.39 is 44.5 Å². The van der Waals surface area contributed by atoms with Crippen molar-refractivity contribution in [3.8, 4) is 0 Å². The van der Waals surface area contributed by atoms with Crippen molar-refractivity contribution in [1.82, 2.24) is 0 Å². The van der Waals surface area contributed by atoms with E-state index in [1.807, 2.05) is 0 Å². The zero-order valence-corrected chi connectivity index (χ0v) is 36.6. The third kappa shape index (κ3) is 35.9. The first kappa shape index (κ1) is 53.5. The zero-order valence-electron chi connectivity index (χ0n) is 34.9. The van der Waals surface area contributed by atoms with Gasteiger partial charge in [0.25, 0.3) is 0 Å². The van der Waals surface area contributed by atoms with E-state index in [2.05, 4.69) is 19.7 Å². The highest BCUT2D eigenvalue weighted by molar-refractivity contribution is 8.35. The number of aliphatic hydroxyl groups is 2. The van der Waals surface area contributed by atoms with Crippen molar-refractivity contribution < 1.29 is 48.8 Å². The van der Waals surface area contributed by atoms with Crippen LogP contribution >= 0.6 is 7.15 Å². The Bertz CT molecular complexity index is 769. The van der Waals surface area contributed by atoms with Gasteiger partial charge in [-0.3, -0.25) is 4.79 Å². The predicted octanol–water partition coefficient (Wildman–Crippen LogP) is 10.7.